The van der Waals surface area contributed by atoms with E-state index < -0.39 is 0 Å². The Kier molecular flexibility index (Phi) is 3.72. The lowest BCUT2D eigenvalue weighted by atomic mass is 9.95. The summed E-state index contributed by atoms with van der Waals surface area (Å²) in [5.74, 6) is 0.0208. The first kappa shape index (κ1) is 13.2. The Hall–Kier alpha value is -1.84. The second-order valence-corrected chi connectivity index (χ2v) is 5.49. The van der Waals surface area contributed by atoms with Gasteiger partial charge in [0.15, 0.2) is 0 Å². The average molecular weight is 271 g/mol. The molecule has 1 aromatic heterocycles. The summed E-state index contributed by atoms with van der Waals surface area (Å²) in [5, 5.41) is 8.64. The summed E-state index contributed by atoms with van der Waals surface area (Å²) in [6, 6.07) is 8.18. The van der Waals surface area contributed by atoms with Crippen LogP contribution in [-0.4, -0.2) is 21.7 Å². The van der Waals surface area contributed by atoms with E-state index in [0.29, 0.717) is 18.3 Å². The second-order valence-electron chi connectivity index (χ2n) is 5.49. The normalized spacial score (nSPS) is 16.4. The first-order valence-electron chi connectivity index (χ1n) is 7.56. The molecule has 0 spiro atoms. The van der Waals surface area contributed by atoms with E-state index in [9.17, 15) is 4.79 Å². The number of carbonyl (C=O) groups excluding carboxylic acids is 1. The van der Waals surface area contributed by atoms with Crippen molar-refractivity contribution in [3.05, 3.63) is 30.0 Å². The highest BCUT2D eigenvalue weighted by molar-refractivity contribution is 6.05. The van der Waals surface area contributed by atoms with Gasteiger partial charge in [-0.05, 0) is 25.8 Å². The van der Waals surface area contributed by atoms with Crippen LogP contribution in [-0.2, 0) is 6.54 Å². The average Bonchev–Trinajstić information content (AvgIpc) is 2.86. The summed E-state index contributed by atoms with van der Waals surface area (Å²) in [6.07, 6.45) is 5.94. The summed E-state index contributed by atoms with van der Waals surface area (Å²) in [6.45, 7) is 2.73. The van der Waals surface area contributed by atoms with Gasteiger partial charge < -0.3 is 5.32 Å². The van der Waals surface area contributed by atoms with Gasteiger partial charge in [-0.25, -0.2) is 0 Å². The summed E-state index contributed by atoms with van der Waals surface area (Å²) in [5.41, 5.74) is 1.59. The molecule has 0 saturated heterocycles. The van der Waals surface area contributed by atoms with Crippen LogP contribution in [0.5, 0.6) is 0 Å². The summed E-state index contributed by atoms with van der Waals surface area (Å²) >= 11 is 0. The molecule has 0 aliphatic heterocycles. The molecule has 1 aliphatic carbocycles. The Morgan fingerprint density at radius 3 is 2.80 bits per heavy atom. The Bertz CT molecular complexity index is 611. The van der Waals surface area contributed by atoms with Crippen LogP contribution in [0.1, 0.15) is 49.5 Å². The van der Waals surface area contributed by atoms with Crippen LogP contribution in [0.2, 0.25) is 0 Å². The number of nitrogens with one attached hydrogen (secondary N) is 1. The molecule has 1 fully saturated rings. The molecule has 0 atom stereocenters. The number of nitrogens with zero attached hydrogens (tertiary/aromatic N) is 2. The van der Waals surface area contributed by atoms with Crippen molar-refractivity contribution in [3.63, 3.8) is 0 Å². The Balaban J connectivity index is 1.89. The van der Waals surface area contributed by atoms with Gasteiger partial charge in [-0.15, -0.1) is 0 Å². The quantitative estimate of drug-likeness (QED) is 0.932. The number of aryl methyl sites for hydroxylation is 1. The predicted molar refractivity (Wildman–Crippen MR) is 79.7 cm³/mol. The van der Waals surface area contributed by atoms with Crippen molar-refractivity contribution in [2.24, 2.45) is 0 Å². The van der Waals surface area contributed by atoms with Crippen LogP contribution in [0.3, 0.4) is 0 Å². The van der Waals surface area contributed by atoms with E-state index in [-0.39, 0.29) is 5.91 Å². The van der Waals surface area contributed by atoms with E-state index in [0.717, 1.165) is 23.7 Å². The molecule has 1 amide bonds. The lowest BCUT2D eigenvalue weighted by Gasteiger charge is -2.22. The Morgan fingerprint density at radius 1 is 1.30 bits per heavy atom. The number of amides is 1. The van der Waals surface area contributed by atoms with Gasteiger partial charge in [-0.1, -0.05) is 37.5 Å². The van der Waals surface area contributed by atoms with Crippen LogP contribution in [0.4, 0.5) is 0 Å². The lowest BCUT2D eigenvalue weighted by molar-refractivity contribution is 0.0918. The number of carbonyl (C=O) groups is 1. The van der Waals surface area contributed by atoms with Gasteiger partial charge in [-0.3, -0.25) is 9.48 Å². The van der Waals surface area contributed by atoms with Gasteiger partial charge in [0.2, 0.25) is 0 Å². The van der Waals surface area contributed by atoms with Gasteiger partial charge in [0.25, 0.3) is 5.91 Å². The van der Waals surface area contributed by atoms with Crippen molar-refractivity contribution in [1.82, 2.24) is 15.1 Å². The minimum atomic E-state index is 0.0208. The van der Waals surface area contributed by atoms with Gasteiger partial charge in [0.05, 0.1) is 5.52 Å². The monoisotopic (exact) mass is 271 g/mol. The Morgan fingerprint density at radius 2 is 2.05 bits per heavy atom. The molecule has 0 unspecified atom stereocenters. The minimum absolute atomic E-state index is 0.0208. The molecule has 20 heavy (non-hydrogen) atoms. The molecular formula is C16H21N3O. The maximum absolute atomic E-state index is 12.6. The van der Waals surface area contributed by atoms with E-state index in [1.54, 1.807) is 0 Å². The fourth-order valence-electron chi connectivity index (χ4n) is 3.05. The number of benzene rings is 1. The molecule has 1 aromatic carbocycles. The third-order valence-corrected chi connectivity index (χ3v) is 4.10. The second kappa shape index (κ2) is 5.65. The third kappa shape index (κ3) is 2.42. The molecule has 1 N–H and O–H groups in total. The highest BCUT2D eigenvalue weighted by Crippen LogP contribution is 2.21. The Labute approximate surface area is 119 Å². The first-order chi connectivity index (χ1) is 9.79. The number of rotatable bonds is 3. The van der Waals surface area contributed by atoms with E-state index in [2.05, 4.69) is 10.4 Å². The lowest BCUT2D eigenvalue weighted by Crippen LogP contribution is -2.37. The summed E-state index contributed by atoms with van der Waals surface area (Å²) in [4.78, 5) is 12.6. The summed E-state index contributed by atoms with van der Waals surface area (Å²) < 4.78 is 1.81. The SMILES string of the molecule is CCn1nc2ccccc2c1C(=O)NC1CCCCC1. The van der Waals surface area contributed by atoms with Crippen LogP contribution in [0.15, 0.2) is 24.3 Å². The number of hydrogen-bond donors (Lipinski definition) is 1. The first-order valence-corrected chi connectivity index (χ1v) is 7.56. The number of fused-ring (bicyclic) bond motifs is 1. The highest BCUT2D eigenvalue weighted by atomic mass is 16.2. The van der Waals surface area contributed by atoms with Gasteiger partial charge in [0.1, 0.15) is 5.69 Å². The minimum Gasteiger partial charge on any atom is -0.348 e. The predicted octanol–water partition coefficient (Wildman–Crippen LogP) is 3.12. The zero-order valence-electron chi connectivity index (χ0n) is 11.9. The number of aromatic nitrogens is 2. The van der Waals surface area contributed by atoms with Crippen molar-refractivity contribution in [3.8, 4) is 0 Å². The molecule has 4 nitrogen and oxygen atoms in total. The topological polar surface area (TPSA) is 46.9 Å². The van der Waals surface area contributed by atoms with E-state index >= 15 is 0 Å². The molecule has 2 aromatic rings. The third-order valence-electron chi connectivity index (χ3n) is 4.10. The fraction of sp³-hybridized carbons (Fsp3) is 0.500. The zero-order valence-corrected chi connectivity index (χ0v) is 11.9. The molecule has 0 radical (unpaired) electrons. The highest BCUT2D eigenvalue weighted by Gasteiger charge is 2.21. The number of hydrogen-bond acceptors (Lipinski definition) is 2. The van der Waals surface area contributed by atoms with Gasteiger partial charge in [-0.2, -0.15) is 5.10 Å². The zero-order chi connectivity index (χ0) is 13.9. The molecule has 0 bridgehead atoms. The summed E-state index contributed by atoms with van der Waals surface area (Å²) in [7, 11) is 0. The maximum Gasteiger partial charge on any atom is 0.270 e. The molecule has 106 valence electrons. The van der Waals surface area contributed by atoms with Gasteiger partial charge >= 0.3 is 0 Å². The van der Waals surface area contributed by atoms with Crippen molar-refractivity contribution >= 4 is 16.8 Å². The van der Waals surface area contributed by atoms with Crippen molar-refractivity contribution in [2.75, 3.05) is 0 Å². The van der Waals surface area contributed by atoms with Crippen LogP contribution >= 0.6 is 0 Å². The van der Waals surface area contributed by atoms with E-state index in [1.807, 2.05) is 35.9 Å². The molecule has 1 aliphatic rings. The van der Waals surface area contributed by atoms with Crippen LogP contribution < -0.4 is 5.32 Å². The van der Waals surface area contributed by atoms with Crippen molar-refractivity contribution in [1.29, 1.82) is 0 Å². The van der Waals surface area contributed by atoms with Crippen molar-refractivity contribution < 1.29 is 4.79 Å². The molecule has 1 heterocycles. The van der Waals surface area contributed by atoms with Crippen LogP contribution in [0, 0.1) is 0 Å². The van der Waals surface area contributed by atoms with Crippen molar-refractivity contribution in [2.45, 2.75) is 51.6 Å². The smallest absolute Gasteiger partial charge is 0.270 e. The fourth-order valence-corrected chi connectivity index (χ4v) is 3.05. The maximum atomic E-state index is 12.6. The molecular weight excluding hydrogens is 250 g/mol. The largest absolute Gasteiger partial charge is 0.348 e. The molecule has 1 saturated carbocycles. The van der Waals surface area contributed by atoms with E-state index in [4.69, 9.17) is 0 Å². The molecule has 3 rings (SSSR count). The molecule has 4 heteroatoms. The van der Waals surface area contributed by atoms with Gasteiger partial charge in [0, 0.05) is 18.0 Å². The van der Waals surface area contributed by atoms with Crippen LogP contribution in [0.25, 0.3) is 10.9 Å². The van der Waals surface area contributed by atoms with E-state index in [1.165, 1.54) is 19.3 Å². The standard InChI is InChI=1S/C16H21N3O/c1-2-19-15(13-10-6-7-11-14(13)18-19)16(20)17-12-8-4-3-5-9-12/h6-7,10-12H,2-5,8-9H2,1H3,(H,17,20).